The van der Waals surface area contributed by atoms with Gasteiger partial charge in [-0.25, -0.2) is 4.79 Å². The van der Waals surface area contributed by atoms with E-state index >= 15 is 0 Å². The van der Waals surface area contributed by atoms with E-state index in [0.29, 0.717) is 17.0 Å². The molecule has 3 aromatic rings. The number of hydrogen-bond acceptors (Lipinski definition) is 5. The van der Waals surface area contributed by atoms with E-state index in [1.54, 1.807) is 31.4 Å². The number of anilines is 1. The molecule has 0 aliphatic rings. The molecule has 0 aliphatic heterocycles. The highest BCUT2D eigenvalue weighted by molar-refractivity contribution is 7.99. The van der Waals surface area contributed by atoms with Gasteiger partial charge < -0.3 is 20.7 Å². The smallest absolute Gasteiger partial charge is 0.334 e. The van der Waals surface area contributed by atoms with Crippen LogP contribution < -0.4 is 10.5 Å². The second-order valence-electron chi connectivity index (χ2n) is 6.63. The fourth-order valence-electron chi connectivity index (χ4n) is 3.00. The van der Waals surface area contributed by atoms with Crippen LogP contribution in [0, 0.1) is 0 Å². The SMILES string of the molecule is COc1ccc([C@H](Sc2cc(Cc3ccccc3)ccc2N)[C@@H](O)C(=O)O)cc1. The normalized spacial score (nSPS) is 12.9. The number of aliphatic hydroxyl groups is 1. The minimum absolute atomic E-state index is 0.544. The molecule has 29 heavy (non-hydrogen) atoms. The summed E-state index contributed by atoms with van der Waals surface area (Å²) in [5, 5.41) is 19.0. The summed E-state index contributed by atoms with van der Waals surface area (Å²) in [6.45, 7) is 0. The zero-order valence-corrected chi connectivity index (χ0v) is 16.8. The third kappa shape index (κ3) is 5.31. The van der Waals surface area contributed by atoms with Crippen LogP contribution in [-0.4, -0.2) is 29.4 Å². The zero-order valence-electron chi connectivity index (χ0n) is 16.0. The Balaban J connectivity index is 1.89. The van der Waals surface area contributed by atoms with Crippen molar-refractivity contribution in [1.29, 1.82) is 0 Å². The van der Waals surface area contributed by atoms with Gasteiger partial charge in [-0.3, -0.25) is 0 Å². The summed E-state index contributed by atoms with van der Waals surface area (Å²) in [4.78, 5) is 12.2. The first kappa shape index (κ1) is 20.8. The molecule has 6 heteroatoms. The number of methoxy groups -OCH3 is 1. The van der Waals surface area contributed by atoms with Crippen LogP contribution in [0.1, 0.15) is 21.9 Å². The Labute approximate surface area is 174 Å². The maximum absolute atomic E-state index is 11.5. The molecule has 2 atom stereocenters. The molecule has 0 heterocycles. The molecule has 0 fully saturated rings. The maximum Gasteiger partial charge on any atom is 0.334 e. The van der Waals surface area contributed by atoms with E-state index in [2.05, 4.69) is 12.1 Å². The fourth-order valence-corrected chi connectivity index (χ4v) is 4.23. The number of carboxylic acid groups (broad SMARTS) is 1. The van der Waals surface area contributed by atoms with Gasteiger partial charge in [0, 0.05) is 10.6 Å². The van der Waals surface area contributed by atoms with Gasteiger partial charge in [-0.2, -0.15) is 0 Å². The van der Waals surface area contributed by atoms with Gasteiger partial charge in [0.1, 0.15) is 5.75 Å². The monoisotopic (exact) mass is 409 g/mol. The van der Waals surface area contributed by atoms with Gasteiger partial charge in [0.25, 0.3) is 0 Å². The predicted octanol–water partition coefficient (Wildman–Crippen LogP) is 4.15. The molecule has 0 spiro atoms. The van der Waals surface area contributed by atoms with Crippen molar-refractivity contribution in [3.05, 3.63) is 89.5 Å². The molecule has 3 rings (SSSR count). The van der Waals surface area contributed by atoms with Crippen molar-refractivity contribution in [1.82, 2.24) is 0 Å². The van der Waals surface area contributed by atoms with Crippen molar-refractivity contribution in [2.24, 2.45) is 0 Å². The topological polar surface area (TPSA) is 92.8 Å². The largest absolute Gasteiger partial charge is 0.497 e. The van der Waals surface area contributed by atoms with E-state index in [-0.39, 0.29) is 0 Å². The first-order valence-corrected chi connectivity index (χ1v) is 9.99. The number of aliphatic carboxylic acids is 1. The highest BCUT2D eigenvalue weighted by Gasteiger charge is 2.29. The lowest BCUT2D eigenvalue weighted by Crippen LogP contribution is -2.26. The number of aliphatic hydroxyl groups excluding tert-OH is 1. The first-order chi connectivity index (χ1) is 14.0. The summed E-state index contributed by atoms with van der Waals surface area (Å²) in [6, 6.07) is 22.8. The van der Waals surface area contributed by atoms with E-state index in [1.165, 1.54) is 17.3 Å². The van der Waals surface area contributed by atoms with Crippen LogP contribution in [0.15, 0.2) is 77.7 Å². The number of carboxylic acids is 1. The maximum atomic E-state index is 11.5. The third-order valence-electron chi connectivity index (χ3n) is 4.57. The number of ether oxygens (including phenoxy) is 1. The van der Waals surface area contributed by atoms with Gasteiger partial charge in [-0.15, -0.1) is 11.8 Å². The first-order valence-electron chi connectivity index (χ1n) is 9.11. The molecular formula is C23H23NO4S. The Morgan fingerprint density at radius 1 is 1.03 bits per heavy atom. The van der Waals surface area contributed by atoms with Crippen molar-refractivity contribution in [2.45, 2.75) is 22.7 Å². The number of hydrogen-bond donors (Lipinski definition) is 3. The molecule has 5 nitrogen and oxygen atoms in total. The summed E-state index contributed by atoms with van der Waals surface area (Å²) in [5.41, 5.74) is 9.62. The van der Waals surface area contributed by atoms with Crippen LogP contribution >= 0.6 is 11.8 Å². The summed E-state index contributed by atoms with van der Waals surface area (Å²) >= 11 is 1.25. The molecule has 0 unspecified atom stereocenters. The molecule has 150 valence electrons. The van der Waals surface area contributed by atoms with Crippen LogP contribution in [0.5, 0.6) is 5.75 Å². The standard InChI is InChI=1S/C23H23NO4S/c1-28-18-10-8-17(9-11-18)22(21(25)23(26)27)29-20-14-16(7-12-19(20)24)13-15-5-3-2-4-6-15/h2-12,14,21-22,25H,13,24H2,1H3,(H,26,27)/t21-,22+/m1/s1. The molecule has 0 amide bonds. The van der Waals surface area contributed by atoms with Crippen LogP contribution in [-0.2, 0) is 11.2 Å². The Morgan fingerprint density at radius 2 is 1.72 bits per heavy atom. The fraction of sp³-hybridized carbons (Fsp3) is 0.174. The van der Waals surface area contributed by atoms with Gasteiger partial charge in [-0.05, 0) is 47.4 Å². The number of nitrogen functional groups attached to an aromatic ring is 1. The van der Waals surface area contributed by atoms with Crippen LogP contribution in [0.25, 0.3) is 0 Å². The minimum Gasteiger partial charge on any atom is -0.497 e. The highest BCUT2D eigenvalue weighted by Crippen LogP contribution is 2.41. The molecule has 0 aliphatic carbocycles. The minimum atomic E-state index is -1.58. The van der Waals surface area contributed by atoms with Crippen LogP contribution in [0.4, 0.5) is 5.69 Å². The molecule has 0 aromatic heterocycles. The Kier molecular flexibility index (Phi) is 6.80. The van der Waals surface area contributed by atoms with E-state index in [4.69, 9.17) is 10.5 Å². The quantitative estimate of drug-likeness (QED) is 0.382. The Hall–Kier alpha value is -2.96. The van der Waals surface area contributed by atoms with Crippen molar-refractivity contribution in [3.8, 4) is 5.75 Å². The van der Waals surface area contributed by atoms with Crippen molar-refractivity contribution in [2.75, 3.05) is 12.8 Å². The number of benzene rings is 3. The molecule has 4 N–H and O–H groups in total. The molecule has 0 radical (unpaired) electrons. The van der Waals surface area contributed by atoms with Gasteiger partial charge >= 0.3 is 5.97 Å². The molecule has 0 saturated heterocycles. The van der Waals surface area contributed by atoms with Crippen molar-refractivity contribution in [3.63, 3.8) is 0 Å². The molecule has 3 aromatic carbocycles. The van der Waals surface area contributed by atoms with Crippen molar-refractivity contribution >= 4 is 23.4 Å². The Morgan fingerprint density at radius 3 is 2.34 bits per heavy atom. The lowest BCUT2D eigenvalue weighted by molar-refractivity contribution is -0.146. The van der Waals surface area contributed by atoms with E-state index in [1.807, 2.05) is 36.4 Å². The molecule has 0 saturated carbocycles. The lowest BCUT2D eigenvalue weighted by atomic mass is 10.0. The van der Waals surface area contributed by atoms with E-state index < -0.39 is 17.3 Å². The Bertz CT molecular complexity index is 960. The van der Waals surface area contributed by atoms with Gasteiger partial charge in [-0.1, -0.05) is 48.5 Å². The van der Waals surface area contributed by atoms with E-state index in [9.17, 15) is 15.0 Å². The number of nitrogens with two attached hydrogens (primary N) is 1. The summed E-state index contributed by atoms with van der Waals surface area (Å²) < 4.78 is 5.16. The lowest BCUT2D eigenvalue weighted by Gasteiger charge is -2.21. The third-order valence-corrected chi connectivity index (χ3v) is 5.96. The second-order valence-corrected chi connectivity index (χ2v) is 7.81. The highest BCUT2D eigenvalue weighted by atomic mass is 32.2. The van der Waals surface area contributed by atoms with Crippen LogP contribution in [0.3, 0.4) is 0 Å². The number of carbonyl (C=O) groups is 1. The average molecular weight is 410 g/mol. The van der Waals surface area contributed by atoms with Gasteiger partial charge in [0.2, 0.25) is 0 Å². The second kappa shape index (κ2) is 9.49. The van der Waals surface area contributed by atoms with Gasteiger partial charge in [0.05, 0.1) is 12.4 Å². The average Bonchev–Trinajstić information content (AvgIpc) is 2.74. The van der Waals surface area contributed by atoms with Crippen molar-refractivity contribution < 1.29 is 19.7 Å². The zero-order chi connectivity index (χ0) is 20.8. The van der Waals surface area contributed by atoms with E-state index in [0.717, 1.165) is 16.9 Å². The van der Waals surface area contributed by atoms with Crippen LogP contribution in [0.2, 0.25) is 0 Å². The molecular weight excluding hydrogens is 386 g/mol. The summed E-state index contributed by atoms with van der Waals surface area (Å²) in [6.07, 6.45) is -0.839. The van der Waals surface area contributed by atoms with Gasteiger partial charge in [0.15, 0.2) is 6.10 Å². The number of thioether (sulfide) groups is 1. The predicted molar refractivity (Wildman–Crippen MR) is 115 cm³/mol. The molecule has 0 bridgehead atoms. The number of rotatable bonds is 8. The summed E-state index contributed by atoms with van der Waals surface area (Å²) in [7, 11) is 1.56. The summed E-state index contributed by atoms with van der Waals surface area (Å²) in [5.74, 6) is -0.621.